The van der Waals surface area contributed by atoms with Crippen LogP contribution in [0.25, 0.3) is 0 Å². The van der Waals surface area contributed by atoms with Gasteiger partial charge >= 0.3 is 5.97 Å². The van der Waals surface area contributed by atoms with E-state index in [1.165, 1.54) is 71.1 Å². The van der Waals surface area contributed by atoms with E-state index < -0.39 is 0 Å². The Hall–Kier alpha value is -0.530. The van der Waals surface area contributed by atoms with Crippen molar-refractivity contribution >= 4 is 5.97 Å². The second-order valence-electron chi connectivity index (χ2n) is 7.50. The second kappa shape index (κ2) is 8.80. The van der Waals surface area contributed by atoms with Gasteiger partial charge in [0.15, 0.2) is 0 Å². The molecule has 2 rings (SSSR count). The van der Waals surface area contributed by atoms with Crippen LogP contribution in [0, 0.1) is 17.8 Å². The molecule has 0 aromatic carbocycles. The van der Waals surface area contributed by atoms with E-state index in [4.69, 9.17) is 4.74 Å². The van der Waals surface area contributed by atoms with Crippen LogP contribution < -0.4 is 0 Å². The van der Waals surface area contributed by atoms with Crippen LogP contribution in [-0.4, -0.2) is 12.1 Å². The Morgan fingerprint density at radius 1 is 0.810 bits per heavy atom. The van der Waals surface area contributed by atoms with E-state index in [2.05, 4.69) is 6.92 Å². The van der Waals surface area contributed by atoms with E-state index in [-0.39, 0.29) is 12.1 Å². The van der Waals surface area contributed by atoms with Crippen molar-refractivity contribution in [3.05, 3.63) is 0 Å². The van der Waals surface area contributed by atoms with Crippen LogP contribution in [0.1, 0.15) is 90.9 Å². The van der Waals surface area contributed by atoms with Gasteiger partial charge in [0.25, 0.3) is 0 Å². The average molecular weight is 294 g/mol. The number of esters is 1. The van der Waals surface area contributed by atoms with Crippen molar-refractivity contribution in [2.75, 3.05) is 0 Å². The van der Waals surface area contributed by atoms with E-state index >= 15 is 0 Å². The zero-order valence-corrected chi connectivity index (χ0v) is 14.1. The minimum Gasteiger partial charge on any atom is -0.463 e. The summed E-state index contributed by atoms with van der Waals surface area (Å²) in [7, 11) is 0. The summed E-state index contributed by atoms with van der Waals surface area (Å²) in [5, 5.41) is 0. The summed E-state index contributed by atoms with van der Waals surface area (Å²) < 4.78 is 5.33. The highest BCUT2D eigenvalue weighted by molar-refractivity contribution is 5.66. The number of ether oxygens (including phenoxy) is 1. The minimum atomic E-state index is -0.109. The van der Waals surface area contributed by atoms with Gasteiger partial charge in [-0.1, -0.05) is 58.3 Å². The lowest BCUT2D eigenvalue weighted by Gasteiger charge is -2.31. The first kappa shape index (κ1) is 16.8. The summed E-state index contributed by atoms with van der Waals surface area (Å²) in [5.41, 5.74) is 0. The fourth-order valence-corrected chi connectivity index (χ4v) is 4.46. The summed E-state index contributed by atoms with van der Waals surface area (Å²) in [6.45, 7) is 3.85. The van der Waals surface area contributed by atoms with Crippen LogP contribution in [0.15, 0.2) is 0 Å². The highest BCUT2D eigenvalue weighted by atomic mass is 16.5. The number of hydrogen-bond acceptors (Lipinski definition) is 2. The molecular weight excluding hydrogens is 260 g/mol. The molecule has 2 aliphatic rings. The van der Waals surface area contributed by atoms with Crippen molar-refractivity contribution in [3.8, 4) is 0 Å². The van der Waals surface area contributed by atoms with Crippen molar-refractivity contribution in [2.45, 2.75) is 97.0 Å². The second-order valence-corrected chi connectivity index (χ2v) is 7.50. The molecule has 0 bridgehead atoms. The fourth-order valence-electron chi connectivity index (χ4n) is 4.46. The maximum absolute atomic E-state index is 11.0. The van der Waals surface area contributed by atoms with Gasteiger partial charge in [-0.2, -0.15) is 0 Å². The summed E-state index contributed by atoms with van der Waals surface area (Å²) in [5.74, 6) is 2.82. The molecule has 21 heavy (non-hydrogen) atoms. The van der Waals surface area contributed by atoms with Gasteiger partial charge in [-0.05, 0) is 43.4 Å². The van der Waals surface area contributed by atoms with Gasteiger partial charge in [-0.3, -0.25) is 4.79 Å². The Balaban J connectivity index is 1.57. The van der Waals surface area contributed by atoms with Crippen LogP contribution in [0.5, 0.6) is 0 Å². The molecular formula is C19H34O2. The molecule has 0 N–H and O–H groups in total. The first-order valence-corrected chi connectivity index (χ1v) is 9.34. The lowest BCUT2D eigenvalue weighted by atomic mass is 9.76. The van der Waals surface area contributed by atoms with Crippen LogP contribution in [-0.2, 0) is 9.53 Å². The van der Waals surface area contributed by atoms with E-state index in [0.717, 1.165) is 30.6 Å². The molecule has 2 heteroatoms. The number of rotatable bonds is 6. The largest absolute Gasteiger partial charge is 0.463 e. The Morgan fingerprint density at radius 3 is 1.67 bits per heavy atom. The standard InChI is InChI=1S/C19H34O2/c1-3-4-16-5-7-17(8-6-16)9-10-18-11-13-19(14-12-18)21-15(2)20/h16-19H,3-14H2,1-2H3. The van der Waals surface area contributed by atoms with E-state index in [9.17, 15) is 4.79 Å². The van der Waals surface area contributed by atoms with Gasteiger partial charge in [-0.15, -0.1) is 0 Å². The van der Waals surface area contributed by atoms with Gasteiger partial charge in [0.05, 0.1) is 0 Å². The lowest BCUT2D eigenvalue weighted by Crippen LogP contribution is -2.24. The maximum atomic E-state index is 11.0. The molecule has 0 radical (unpaired) electrons. The zero-order chi connectivity index (χ0) is 15.1. The first-order valence-electron chi connectivity index (χ1n) is 9.34. The molecule has 0 amide bonds. The van der Waals surface area contributed by atoms with Gasteiger partial charge in [0.1, 0.15) is 6.10 Å². The Labute approximate surface area is 131 Å². The molecule has 2 fully saturated rings. The molecule has 0 atom stereocenters. The minimum absolute atomic E-state index is 0.109. The summed E-state index contributed by atoms with van der Waals surface area (Å²) >= 11 is 0. The predicted molar refractivity (Wildman–Crippen MR) is 87.1 cm³/mol. The lowest BCUT2D eigenvalue weighted by molar-refractivity contribution is -0.148. The first-order chi connectivity index (χ1) is 10.2. The number of hydrogen-bond donors (Lipinski definition) is 0. The topological polar surface area (TPSA) is 26.3 Å². The third kappa shape index (κ3) is 6.00. The summed E-state index contributed by atoms with van der Waals surface area (Å²) in [6.07, 6.45) is 16.5. The van der Waals surface area contributed by atoms with Crippen molar-refractivity contribution < 1.29 is 9.53 Å². The monoisotopic (exact) mass is 294 g/mol. The molecule has 0 unspecified atom stereocenters. The summed E-state index contributed by atoms with van der Waals surface area (Å²) in [6, 6.07) is 0. The SMILES string of the molecule is CCCC1CCC(CCC2CCC(OC(C)=O)CC2)CC1. The van der Waals surface area contributed by atoms with Gasteiger partial charge < -0.3 is 4.74 Å². The van der Waals surface area contributed by atoms with Gasteiger partial charge in [-0.25, -0.2) is 0 Å². The van der Waals surface area contributed by atoms with Crippen molar-refractivity contribution in [1.29, 1.82) is 0 Å². The third-order valence-electron chi connectivity index (χ3n) is 5.77. The Morgan fingerprint density at radius 2 is 1.24 bits per heavy atom. The molecule has 0 heterocycles. The molecule has 0 aromatic heterocycles. The Kier molecular flexibility index (Phi) is 7.06. The van der Waals surface area contributed by atoms with Crippen LogP contribution in [0.3, 0.4) is 0 Å². The summed E-state index contributed by atoms with van der Waals surface area (Å²) in [4.78, 5) is 11.0. The van der Waals surface area contributed by atoms with Gasteiger partial charge in [0, 0.05) is 6.92 Å². The quantitative estimate of drug-likeness (QED) is 0.605. The molecule has 2 nitrogen and oxygen atoms in total. The average Bonchev–Trinajstić information content (AvgIpc) is 2.48. The maximum Gasteiger partial charge on any atom is 0.302 e. The number of carbonyl (C=O) groups excluding carboxylic acids is 1. The molecule has 122 valence electrons. The number of carbonyl (C=O) groups is 1. The van der Waals surface area contributed by atoms with E-state index in [1.807, 2.05) is 0 Å². The van der Waals surface area contributed by atoms with Crippen molar-refractivity contribution in [3.63, 3.8) is 0 Å². The van der Waals surface area contributed by atoms with Crippen molar-refractivity contribution in [1.82, 2.24) is 0 Å². The molecule has 0 aromatic rings. The molecule has 0 saturated heterocycles. The van der Waals surface area contributed by atoms with Crippen LogP contribution >= 0.6 is 0 Å². The highest BCUT2D eigenvalue weighted by Gasteiger charge is 2.25. The third-order valence-corrected chi connectivity index (χ3v) is 5.77. The molecule has 0 aliphatic heterocycles. The van der Waals surface area contributed by atoms with Crippen molar-refractivity contribution in [2.24, 2.45) is 17.8 Å². The van der Waals surface area contributed by atoms with Gasteiger partial charge in [0.2, 0.25) is 0 Å². The molecule has 0 spiro atoms. The highest BCUT2D eigenvalue weighted by Crippen LogP contribution is 2.36. The fraction of sp³-hybridized carbons (Fsp3) is 0.947. The zero-order valence-electron chi connectivity index (χ0n) is 14.1. The van der Waals surface area contributed by atoms with Crippen LogP contribution in [0.2, 0.25) is 0 Å². The molecule has 2 saturated carbocycles. The van der Waals surface area contributed by atoms with E-state index in [1.54, 1.807) is 0 Å². The predicted octanol–water partition coefficient (Wildman–Crippen LogP) is 5.50. The normalized spacial score (nSPS) is 33.6. The Bertz CT molecular complexity index is 297. The smallest absolute Gasteiger partial charge is 0.302 e. The van der Waals surface area contributed by atoms with E-state index in [0.29, 0.717) is 0 Å². The van der Waals surface area contributed by atoms with Crippen LogP contribution in [0.4, 0.5) is 0 Å². The molecule has 2 aliphatic carbocycles.